The number of carbonyl (C=O) groups excluding carboxylic acids is 1. The number of rotatable bonds is 7. The Balaban J connectivity index is 2.69. The summed E-state index contributed by atoms with van der Waals surface area (Å²) in [6.45, 7) is 7.24. The van der Waals surface area contributed by atoms with Gasteiger partial charge in [-0.25, -0.2) is 4.79 Å². The van der Waals surface area contributed by atoms with Crippen LogP contribution in [0.2, 0.25) is 0 Å². The lowest BCUT2D eigenvalue weighted by molar-refractivity contribution is -0.146. The van der Waals surface area contributed by atoms with Gasteiger partial charge in [0.25, 0.3) is 0 Å². The quantitative estimate of drug-likeness (QED) is 0.804. The minimum Gasteiger partial charge on any atom is -0.479 e. The monoisotopic (exact) mass is 281 g/mol. The van der Waals surface area contributed by atoms with E-state index in [1.807, 2.05) is 0 Å². The maximum atomic E-state index is 11.9. The van der Waals surface area contributed by atoms with Gasteiger partial charge in [0.2, 0.25) is 5.91 Å². The van der Waals surface area contributed by atoms with Crippen molar-refractivity contribution in [2.24, 2.45) is 5.92 Å². The molecule has 0 unspecified atom stereocenters. The standard InChI is InChI=1S/C14H23N3O3/c1-5-10(6-2)7-12(18)16-11-8-15-17(9-11)14(3,4)13(19)20/h8-10H,5-7H2,1-4H3,(H,16,18)(H,19,20). The highest BCUT2D eigenvalue weighted by molar-refractivity contribution is 5.90. The number of aromatic nitrogens is 2. The van der Waals surface area contributed by atoms with Crippen molar-refractivity contribution in [3.8, 4) is 0 Å². The molecule has 0 atom stereocenters. The van der Waals surface area contributed by atoms with Gasteiger partial charge in [-0.1, -0.05) is 26.7 Å². The molecule has 0 saturated carbocycles. The first-order valence-corrected chi connectivity index (χ1v) is 6.89. The first kappa shape index (κ1) is 16.2. The molecule has 0 aliphatic heterocycles. The summed E-state index contributed by atoms with van der Waals surface area (Å²) in [7, 11) is 0. The van der Waals surface area contributed by atoms with Gasteiger partial charge < -0.3 is 10.4 Å². The van der Waals surface area contributed by atoms with E-state index in [0.717, 1.165) is 12.8 Å². The maximum absolute atomic E-state index is 11.9. The minimum absolute atomic E-state index is 0.0635. The van der Waals surface area contributed by atoms with Gasteiger partial charge in [0.15, 0.2) is 5.54 Å². The summed E-state index contributed by atoms with van der Waals surface area (Å²) in [6.07, 6.45) is 5.42. The number of anilines is 1. The van der Waals surface area contributed by atoms with Gasteiger partial charge in [-0.3, -0.25) is 9.48 Å². The molecule has 0 aromatic carbocycles. The summed E-state index contributed by atoms with van der Waals surface area (Å²) in [5, 5.41) is 15.9. The van der Waals surface area contributed by atoms with Crippen LogP contribution in [-0.2, 0) is 15.1 Å². The van der Waals surface area contributed by atoms with E-state index in [9.17, 15) is 9.59 Å². The zero-order valence-corrected chi connectivity index (χ0v) is 12.5. The van der Waals surface area contributed by atoms with E-state index in [0.29, 0.717) is 18.0 Å². The second kappa shape index (κ2) is 6.54. The molecule has 0 bridgehead atoms. The van der Waals surface area contributed by atoms with E-state index < -0.39 is 11.5 Å². The van der Waals surface area contributed by atoms with Crippen LogP contribution in [-0.4, -0.2) is 26.8 Å². The molecule has 1 aromatic heterocycles. The zero-order valence-electron chi connectivity index (χ0n) is 12.5. The van der Waals surface area contributed by atoms with Gasteiger partial charge in [0.05, 0.1) is 11.9 Å². The number of aliphatic carboxylic acids is 1. The van der Waals surface area contributed by atoms with Gasteiger partial charge in [0, 0.05) is 12.6 Å². The van der Waals surface area contributed by atoms with Crippen molar-refractivity contribution in [1.29, 1.82) is 0 Å². The molecule has 0 spiro atoms. The molecular weight excluding hydrogens is 258 g/mol. The van der Waals surface area contributed by atoms with Crippen LogP contribution in [0.5, 0.6) is 0 Å². The summed E-state index contributed by atoms with van der Waals surface area (Å²) in [5.41, 5.74) is -0.617. The summed E-state index contributed by atoms with van der Waals surface area (Å²) < 4.78 is 1.34. The topological polar surface area (TPSA) is 84.2 Å². The number of hydrogen-bond acceptors (Lipinski definition) is 3. The first-order chi connectivity index (χ1) is 9.31. The molecule has 1 heterocycles. The highest BCUT2D eigenvalue weighted by atomic mass is 16.4. The Morgan fingerprint density at radius 1 is 1.40 bits per heavy atom. The molecule has 2 N–H and O–H groups in total. The van der Waals surface area contributed by atoms with Gasteiger partial charge in [-0.05, 0) is 19.8 Å². The third kappa shape index (κ3) is 3.82. The van der Waals surface area contributed by atoms with Gasteiger partial charge in [0.1, 0.15) is 0 Å². The fraction of sp³-hybridized carbons (Fsp3) is 0.643. The van der Waals surface area contributed by atoms with Crippen LogP contribution in [0.4, 0.5) is 5.69 Å². The average molecular weight is 281 g/mol. The predicted molar refractivity (Wildman–Crippen MR) is 76.5 cm³/mol. The number of carboxylic acid groups (broad SMARTS) is 1. The third-order valence-corrected chi connectivity index (χ3v) is 3.59. The smallest absolute Gasteiger partial charge is 0.331 e. The molecule has 20 heavy (non-hydrogen) atoms. The lowest BCUT2D eigenvalue weighted by Gasteiger charge is -2.19. The van der Waals surface area contributed by atoms with E-state index in [-0.39, 0.29) is 5.91 Å². The summed E-state index contributed by atoms with van der Waals surface area (Å²) >= 11 is 0. The van der Waals surface area contributed by atoms with Crippen LogP contribution >= 0.6 is 0 Å². The Hall–Kier alpha value is -1.85. The molecule has 0 aliphatic rings. The van der Waals surface area contributed by atoms with Crippen molar-refractivity contribution >= 4 is 17.6 Å². The number of amides is 1. The molecule has 0 radical (unpaired) electrons. The number of nitrogens with zero attached hydrogens (tertiary/aromatic N) is 2. The van der Waals surface area contributed by atoms with Gasteiger partial charge >= 0.3 is 5.97 Å². The van der Waals surface area contributed by atoms with E-state index >= 15 is 0 Å². The Labute approximate surface area is 119 Å². The van der Waals surface area contributed by atoms with Crippen molar-refractivity contribution in [1.82, 2.24) is 9.78 Å². The Kier molecular flexibility index (Phi) is 5.30. The van der Waals surface area contributed by atoms with Gasteiger partial charge in [-0.15, -0.1) is 0 Å². The molecule has 0 fully saturated rings. The van der Waals surface area contributed by atoms with Crippen molar-refractivity contribution in [2.75, 3.05) is 5.32 Å². The second-order valence-electron chi connectivity index (χ2n) is 5.47. The van der Waals surface area contributed by atoms with Crippen molar-refractivity contribution < 1.29 is 14.7 Å². The molecule has 1 rings (SSSR count). The second-order valence-corrected chi connectivity index (χ2v) is 5.47. The highest BCUT2D eigenvalue weighted by Gasteiger charge is 2.30. The third-order valence-electron chi connectivity index (χ3n) is 3.59. The number of carboxylic acids is 1. The van der Waals surface area contributed by atoms with Crippen LogP contribution in [0.15, 0.2) is 12.4 Å². The summed E-state index contributed by atoms with van der Waals surface area (Å²) in [5.74, 6) is -0.664. The maximum Gasteiger partial charge on any atom is 0.331 e. The molecule has 0 aliphatic carbocycles. The lowest BCUT2D eigenvalue weighted by atomic mass is 9.99. The first-order valence-electron chi connectivity index (χ1n) is 6.89. The Morgan fingerprint density at radius 2 is 2.00 bits per heavy atom. The molecule has 1 amide bonds. The number of hydrogen-bond donors (Lipinski definition) is 2. The predicted octanol–water partition coefficient (Wildman–Crippen LogP) is 2.47. The van der Waals surface area contributed by atoms with E-state index in [1.54, 1.807) is 20.0 Å². The molecule has 6 heteroatoms. The number of nitrogens with one attached hydrogen (secondary N) is 1. The summed E-state index contributed by atoms with van der Waals surface area (Å²) in [6, 6.07) is 0. The van der Waals surface area contributed by atoms with Crippen LogP contribution in [0.3, 0.4) is 0 Å². The fourth-order valence-corrected chi connectivity index (χ4v) is 1.84. The van der Waals surface area contributed by atoms with Crippen LogP contribution in [0, 0.1) is 5.92 Å². The van der Waals surface area contributed by atoms with Crippen LogP contribution in [0.1, 0.15) is 47.0 Å². The van der Waals surface area contributed by atoms with E-state index in [1.165, 1.54) is 10.9 Å². The van der Waals surface area contributed by atoms with Crippen molar-refractivity contribution in [3.05, 3.63) is 12.4 Å². The van der Waals surface area contributed by atoms with Gasteiger partial charge in [-0.2, -0.15) is 5.10 Å². The average Bonchev–Trinajstić information content (AvgIpc) is 2.84. The normalized spacial score (nSPS) is 11.7. The molecule has 1 aromatic rings. The molecule has 6 nitrogen and oxygen atoms in total. The largest absolute Gasteiger partial charge is 0.479 e. The summed E-state index contributed by atoms with van der Waals surface area (Å²) in [4.78, 5) is 23.0. The van der Waals surface area contributed by atoms with E-state index in [4.69, 9.17) is 5.11 Å². The fourth-order valence-electron chi connectivity index (χ4n) is 1.84. The lowest BCUT2D eigenvalue weighted by Crippen LogP contribution is -2.35. The zero-order chi connectivity index (χ0) is 15.3. The van der Waals surface area contributed by atoms with Crippen LogP contribution in [0.25, 0.3) is 0 Å². The van der Waals surface area contributed by atoms with Crippen LogP contribution < -0.4 is 5.32 Å². The molecule has 112 valence electrons. The van der Waals surface area contributed by atoms with E-state index in [2.05, 4.69) is 24.3 Å². The Bertz CT molecular complexity index is 476. The number of carbonyl (C=O) groups is 2. The Morgan fingerprint density at radius 3 is 2.50 bits per heavy atom. The van der Waals surface area contributed by atoms with Crippen molar-refractivity contribution in [2.45, 2.75) is 52.5 Å². The highest BCUT2D eigenvalue weighted by Crippen LogP contribution is 2.18. The molecular formula is C14H23N3O3. The minimum atomic E-state index is -1.14. The SMILES string of the molecule is CCC(CC)CC(=O)Nc1cnn(C(C)(C)C(=O)O)c1. The van der Waals surface area contributed by atoms with Crippen molar-refractivity contribution in [3.63, 3.8) is 0 Å². The molecule has 0 saturated heterocycles.